The van der Waals surface area contributed by atoms with Crippen molar-refractivity contribution in [3.63, 3.8) is 0 Å². The summed E-state index contributed by atoms with van der Waals surface area (Å²) in [6, 6.07) is 5.81. The molecule has 3 heteroatoms. The molecule has 1 aromatic carbocycles. The number of nitrogens with one attached hydrogen (secondary N) is 1. The highest BCUT2D eigenvalue weighted by atomic mass is 16.2. The highest BCUT2D eigenvalue weighted by molar-refractivity contribution is 5.92. The largest absolute Gasteiger partial charge is 0.395 e. The topological polar surface area (TPSA) is 49.3 Å². The number of aliphatic hydroxyl groups excluding tert-OH is 1. The molecule has 0 bridgehead atoms. The first-order chi connectivity index (χ1) is 10.2. The zero-order chi connectivity index (χ0) is 15.5. The fraction of sp³-hybridized carbons (Fsp3) is 0.500. The number of rotatable bonds is 7. The van der Waals surface area contributed by atoms with E-state index in [0.29, 0.717) is 12.8 Å². The Morgan fingerprint density at radius 1 is 1.29 bits per heavy atom. The Balaban J connectivity index is 2.65. The molecule has 0 spiro atoms. The van der Waals surface area contributed by atoms with E-state index in [9.17, 15) is 4.79 Å². The maximum Gasteiger partial charge on any atom is 0.224 e. The van der Waals surface area contributed by atoms with E-state index in [2.05, 4.69) is 24.1 Å². The van der Waals surface area contributed by atoms with Crippen LogP contribution in [0.25, 0.3) is 0 Å². The van der Waals surface area contributed by atoms with Crippen molar-refractivity contribution in [2.45, 2.75) is 52.4 Å². The quantitative estimate of drug-likeness (QED) is 0.594. The number of carbonyl (C=O) groups is 1. The van der Waals surface area contributed by atoms with Gasteiger partial charge in [0, 0.05) is 18.4 Å². The van der Waals surface area contributed by atoms with Gasteiger partial charge in [-0.3, -0.25) is 4.79 Å². The number of hydrogen-bond acceptors (Lipinski definition) is 2. The summed E-state index contributed by atoms with van der Waals surface area (Å²) in [4.78, 5) is 11.9. The molecule has 0 aliphatic rings. The zero-order valence-corrected chi connectivity index (χ0v) is 13.0. The molecule has 1 amide bonds. The molecule has 1 aromatic rings. The number of hydrogen-bond donors (Lipinski definition) is 2. The molecule has 0 heterocycles. The molecule has 0 fully saturated rings. The van der Waals surface area contributed by atoms with Crippen LogP contribution >= 0.6 is 0 Å². The predicted octanol–water partition coefficient (Wildman–Crippen LogP) is 3.64. The lowest BCUT2D eigenvalue weighted by Gasteiger charge is -2.08. The van der Waals surface area contributed by atoms with Gasteiger partial charge in [0.1, 0.15) is 0 Å². The molecule has 0 aliphatic heterocycles. The van der Waals surface area contributed by atoms with Crippen molar-refractivity contribution < 1.29 is 9.90 Å². The minimum absolute atomic E-state index is 0.0418. The van der Waals surface area contributed by atoms with Crippen LogP contribution in [0.5, 0.6) is 0 Å². The van der Waals surface area contributed by atoms with E-state index < -0.39 is 0 Å². The Morgan fingerprint density at radius 3 is 2.81 bits per heavy atom. The van der Waals surface area contributed by atoms with Crippen molar-refractivity contribution in [1.29, 1.82) is 0 Å². The summed E-state index contributed by atoms with van der Waals surface area (Å²) < 4.78 is 0. The minimum Gasteiger partial charge on any atom is -0.395 e. The summed E-state index contributed by atoms with van der Waals surface area (Å²) in [6.07, 6.45) is 5.37. The monoisotopic (exact) mass is 287 g/mol. The molecule has 114 valence electrons. The van der Waals surface area contributed by atoms with Crippen LogP contribution < -0.4 is 5.32 Å². The summed E-state index contributed by atoms with van der Waals surface area (Å²) in [5.74, 6) is 5.95. The van der Waals surface area contributed by atoms with Crippen LogP contribution in [-0.2, 0) is 4.79 Å². The van der Waals surface area contributed by atoms with Crippen LogP contribution in [0.1, 0.15) is 56.6 Å². The molecule has 21 heavy (non-hydrogen) atoms. The molecule has 3 nitrogen and oxygen atoms in total. The van der Waals surface area contributed by atoms with E-state index in [1.165, 1.54) is 12.8 Å². The van der Waals surface area contributed by atoms with E-state index in [0.717, 1.165) is 29.7 Å². The second-order valence-electron chi connectivity index (χ2n) is 5.18. The SMILES string of the molecule is CCCCCCC(=O)Nc1ccc(C)cc1C#CCCO. The van der Waals surface area contributed by atoms with Crippen LogP contribution in [0, 0.1) is 18.8 Å². The van der Waals surface area contributed by atoms with Gasteiger partial charge in [0.2, 0.25) is 5.91 Å². The first-order valence-corrected chi connectivity index (χ1v) is 7.67. The zero-order valence-electron chi connectivity index (χ0n) is 13.0. The van der Waals surface area contributed by atoms with Crippen LogP contribution in [0.3, 0.4) is 0 Å². The fourth-order valence-electron chi connectivity index (χ4n) is 2.01. The molecule has 0 atom stereocenters. The molecule has 0 aromatic heterocycles. The van der Waals surface area contributed by atoms with Crippen molar-refractivity contribution >= 4 is 11.6 Å². The Kier molecular flexibility index (Phi) is 8.23. The first-order valence-electron chi connectivity index (χ1n) is 7.67. The standard InChI is InChI=1S/C18H25NO2/c1-3-4-5-6-10-18(21)19-17-12-11-15(2)14-16(17)9-7-8-13-20/h11-12,14,20H,3-6,8,10,13H2,1-2H3,(H,19,21). The summed E-state index contributed by atoms with van der Waals surface area (Å²) in [5.41, 5.74) is 2.67. The second-order valence-corrected chi connectivity index (χ2v) is 5.18. The van der Waals surface area contributed by atoms with Gasteiger partial charge in [-0.2, -0.15) is 0 Å². The molecular formula is C18H25NO2. The lowest BCUT2D eigenvalue weighted by Crippen LogP contribution is -2.12. The number of unbranched alkanes of at least 4 members (excludes halogenated alkanes) is 3. The molecular weight excluding hydrogens is 262 g/mol. The Labute approximate surface area is 127 Å². The van der Waals surface area contributed by atoms with Gasteiger partial charge >= 0.3 is 0 Å². The van der Waals surface area contributed by atoms with E-state index >= 15 is 0 Å². The average Bonchev–Trinajstić information content (AvgIpc) is 2.47. The molecule has 2 N–H and O–H groups in total. The first kappa shape index (κ1) is 17.3. The maximum absolute atomic E-state index is 11.9. The van der Waals surface area contributed by atoms with Gasteiger partial charge in [0.05, 0.1) is 12.3 Å². The highest BCUT2D eigenvalue weighted by Crippen LogP contribution is 2.17. The molecule has 0 saturated carbocycles. The molecule has 0 unspecified atom stereocenters. The number of aryl methyl sites for hydroxylation is 1. The minimum atomic E-state index is 0.0418. The Hall–Kier alpha value is -1.79. The number of anilines is 1. The van der Waals surface area contributed by atoms with Crippen molar-refractivity contribution in [2.24, 2.45) is 0 Å². The maximum atomic E-state index is 11.9. The van der Waals surface area contributed by atoms with Crippen molar-refractivity contribution in [1.82, 2.24) is 0 Å². The van der Waals surface area contributed by atoms with Crippen molar-refractivity contribution in [2.75, 3.05) is 11.9 Å². The summed E-state index contributed by atoms with van der Waals surface area (Å²) >= 11 is 0. The molecule has 0 saturated heterocycles. The smallest absolute Gasteiger partial charge is 0.224 e. The van der Waals surface area contributed by atoms with Crippen LogP contribution in [-0.4, -0.2) is 17.6 Å². The number of carbonyl (C=O) groups excluding carboxylic acids is 1. The predicted molar refractivity (Wildman–Crippen MR) is 87.1 cm³/mol. The van der Waals surface area contributed by atoms with E-state index in [4.69, 9.17) is 5.11 Å². The van der Waals surface area contributed by atoms with Crippen LogP contribution in [0.15, 0.2) is 18.2 Å². The number of aliphatic hydroxyl groups is 1. The Bertz CT molecular complexity index is 512. The van der Waals surface area contributed by atoms with Gasteiger partial charge in [-0.1, -0.05) is 44.1 Å². The van der Waals surface area contributed by atoms with Gasteiger partial charge in [0.15, 0.2) is 0 Å². The normalized spacial score (nSPS) is 9.86. The number of amides is 1. The van der Waals surface area contributed by atoms with Gasteiger partial charge in [-0.05, 0) is 31.0 Å². The third kappa shape index (κ3) is 6.97. The van der Waals surface area contributed by atoms with Crippen molar-refractivity contribution in [3.05, 3.63) is 29.3 Å². The average molecular weight is 287 g/mol. The molecule has 0 aliphatic carbocycles. The van der Waals surface area contributed by atoms with E-state index in [-0.39, 0.29) is 12.5 Å². The van der Waals surface area contributed by atoms with Gasteiger partial charge in [-0.15, -0.1) is 0 Å². The molecule has 1 rings (SSSR count). The third-order valence-corrected chi connectivity index (χ3v) is 3.17. The summed E-state index contributed by atoms with van der Waals surface area (Å²) in [6.45, 7) is 4.20. The lowest BCUT2D eigenvalue weighted by atomic mass is 10.1. The van der Waals surface area contributed by atoms with Crippen LogP contribution in [0.4, 0.5) is 5.69 Å². The van der Waals surface area contributed by atoms with E-state index in [1.54, 1.807) is 0 Å². The van der Waals surface area contributed by atoms with Crippen LogP contribution in [0.2, 0.25) is 0 Å². The summed E-state index contributed by atoms with van der Waals surface area (Å²) in [7, 11) is 0. The second kappa shape index (κ2) is 10.0. The Morgan fingerprint density at radius 2 is 2.10 bits per heavy atom. The van der Waals surface area contributed by atoms with Gasteiger partial charge in [-0.25, -0.2) is 0 Å². The van der Waals surface area contributed by atoms with Crippen molar-refractivity contribution in [3.8, 4) is 11.8 Å². The fourth-order valence-corrected chi connectivity index (χ4v) is 2.01. The molecule has 0 radical (unpaired) electrons. The number of benzene rings is 1. The van der Waals surface area contributed by atoms with Gasteiger partial charge in [0.25, 0.3) is 0 Å². The lowest BCUT2D eigenvalue weighted by molar-refractivity contribution is -0.116. The van der Waals surface area contributed by atoms with Gasteiger partial charge < -0.3 is 10.4 Å². The highest BCUT2D eigenvalue weighted by Gasteiger charge is 2.06. The van der Waals surface area contributed by atoms with E-state index in [1.807, 2.05) is 25.1 Å². The summed E-state index contributed by atoms with van der Waals surface area (Å²) in [5, 5.41) is 11.7. The third-order valence-electron chi connectivity index (χ3n) is 3.17.